The van der Waals surface area contributed by atoms with Gasteiger partial charge in [-0.2, -0.15) is 0 Å². The van der Waals surface area contributed by atoms with Crippen molar-refractivity contribution in [1.82, 2.24) is 4.90 Å². The predicted molar refractivity (Wildman–Crippen MR) is 91.6 cm³/mol. The molecule has 0 unspecified atom stereocenters. The van der Waals surface area contributed by atoms with Gasteiger partial charge >= 0.3 is 12.1 Å². The number of carbonyl (C=O) groups excluding carboxylic acids is 2. The van der Waals surface area contributed by atoms with Gasteiger partial charge in [-0.3, -0.25) is 4.90 Å². The van der Waals surface area contributed by atoms with Crippen LogP contribution in [0.25, 0.3) is 0 Å². The van der Waals surface area contributed by atoms with Gasteiger partial charge in [0.25, 0.3) is 0 Å². The quantitative estimate of drug-likeness (QED) is 0.796. The van der Waals surface area contributed by atoms with E-state index in [1.165, 1.54) is 4.90 Å². The van der Waals surface area contributed by atoms with Gasteiger partial charge in [0.15, 0.2) is 0 Å². The van der Waals surface area contributed by atoms with Crippen LogP contribution in [0.15, 0.2) is 0 Å². The molecule has 1 saturated heterocycles. The number of ether oxygens (including phenoxy) is 2. The number of carbonyl (C=O) groups is 2. The summed E-state index contributed by atoms with van der Waals surface area (Å²) in [7, 11) is 0. The molecule has 0 spiro atoms. The van der Waals surface area contributed by atoms with E-state index in [0.29, 0.717) is 12.8 Å². The summed E-state index contributed by atoms with van der Waals surface area (Å²) in [5, 5.41) is 10.2. The summed E-state index contributed by atoms with van der Waals surface area (Å²) in [6.07, 6.45) is 1.02. The van der Waals surface area contributed by atoms with Crippen molar-refractivity contribution in [2.75, 3.05) is 0 Å². The van der Waals surface area contributed by atoms with Crippen molar-refractivity contribution in [1.29, 1.82) is 0 Å². The van der Waals surface area contributed by atoms with Crippen LogP contribution in [0.1, 0.15) is 74.1 Å². The lowest BCUT2D eigenvalue weighted by atomic mass is 9.91. The molecule has 1 aliphatic heterocycles. The Morgan fingerprint density at radius 2 is 1.58 bits per heavy atom. The average Bonchev–Trinajstić information content (AvgIpc) is 2.33. The number of piperidine rings is 1. The molecular weight excluding hydrogens is 310 g/mol. The zero-order valence-corrected chi connectivity index (χ0v) is 16.1. The van der Waals surface area contributed by atoms with Crippen molar-refractivity contribution >= 4 is 12.1 Å². The molecule has 1 rings (SSSR count). The maximum absolute atomic E-state index is 12.7. The molecule has 0 saturated carbocycles. The van der Waals surface area contributed by atoms with Gasteiger partial charge in [0.05, 0.1) is 6.10 Å². The van der Waals surface area contributed by atoms with Gasteiger partial charge in [0.1, 0.15) is 17.2 Å². The minimum atomic E-state index is -0.820. The Kier molecular flexibility index (Phi) is 6.67. The van der Waals surface area contributed by atoms with Crippen LogP contribution in [-0.2, 0) is 14.3 Å². The number of hydrogen-bond acceptors (Lipinski definition) is 5. The van der Waals surface area contributed by atoms with E-state index in [2.05, 4.69) is 0 Å². The van der Waals surface area contributed by atoms with Gasteiger partial charge in [-0.05, 0) is 54.4 Å². The molecule has 0 bridgehead atoms. The zero-order valence-electron chi connectivity index (χ0n) is 16.1. The van der Waals surface area contributed by atoms with E-state index in [1.54, 1.807) is 41.5 Å². The SMILES string of the molecule is CCC[C@H]1C[C@H](O)C[C@@H](C(=O)OC(C)(C)C)N1C(=O)OC(C)(C)C. The minimum Gasteiger partial charge on any atom is -0.458 e. The minimum absolute atomic E-state index is 0.175. The number of likely N-dealkylation sites (tertiary alicyclic amines) is 1. The lowest BCUT2D eigenvalue weighted by Crippen LogP contribution is -2.58. The number of amides is 1. The topological polar surface area (TPSA) is 76.1 Å². The second kappa shape index (κ2) is 7.72. The van der Waals surface area contributed by atoms with E-state index < -0.39 is 35.4 Å². The third kappa shape index (κ3) is 6.30. The van der Waals surface area contributed by atoms with Crippen LogP contribution in [-0.4, -0.2) is 51.5 Å². The summed E-state index contributed by atoms with van der Waals surface area (Å²) in [6, 6.07) is -1.05. The van der Waals surface area contributed by atoms with E-state index >= 15 is 0 Å². The molecule has 0 aromatic carbocycles. The Morgan fingerprint density at radius 3 is 2.04 bits per heavy atom. The molecule has 0 radical (unpaired) electrons. The first-order valence-electron chi connectivity index (χ1n) is 8.76. The monoisotopic (exact) mass is 343 g/mol. The van der Waals surface area contributed by atoms with Gasteiger partial charge in [-0.25, -0.2) is 9.59 Å². The van der Waals surface area contributed by atoms with Crippen molar-refractivity contribution < 1.29 is 24.2 Å². The summed E-state index contributed by atoms with van der Waals surface area (Å²) in [6.45, 7) is 12.7. The molecule has 140 valence electrons. The van der Waals surface area contributed by atoms with Crippen molar-refractivity contribution in [3.63, 3.8) is 0 Å². The van der Waals surface area contributed by atoms with Gasteiger partial charge in [-0.15, -0.1) is 0 Å². The third-order valence-electron chi connectivity index (χ3n) is 3.67. The Hall–Kier alpha value is -1.30. The zero-order chi connectivity index (χ0) is 18.7. The van der Waals surface area contributed by atoms with Crippen molar-refractivity contribution in [2.45, 2.75) is 104 Å². The Bertz CT molecular complexity index is 449. The number of rotatable bonds is 3. The fourth-order valence-electron chi connectivity index (χ4n) is 2.91. The van der Waals surface area contributed by atoms with Gasteiger partial charge in [0.2, 0.25) is 0 Å². The van der Waals surface area contributed by atoms with Crippen LogP contribution in [0.4, 0.5) is 4.79 Å². The maximum Gasteiger partial charge on any atom is 0.411 e. The highest BCUT2D eigenvalue weighted by molar-refractivity contribution is 5.82. The molecule has 0 aliphatic carbocycles. The first kappa shape index (κ1) is 20.7. The standard InChI is InChI=1S/C18H33NO5/c1-8-9-12-10-13(20)11-14(15(21)23-17(2,3)4)19(12)16(22)24-18(5,6)7/h12-14,20H,8-11H2,1-7H3/t12-,13-,14-/m0/s1. The number of aliphatic hydroxyl groups excluding tert-OH is 1. The van der Waals surface area contributed by atoms with Crippen LogP contribution in [0.2, 0.25) is 0 Å². The van der Waals surface area contributed by atoms with Crippen LogP contribution >= 0.6 is 0 Å². The summed E-state index contributed by atoms with van der Waals surface area (Å²) in [4.78, 5) is 26.8. The highest BCUT2D eigenvalue weighted by atomic mass is 16.6. The molecule has 24 heavy (non-hydrogen) atoms. The number of nitrogens with zero attached hydrogens (tertiary/aromatic N) is 1. The first-order valence-corrected chi connectivity index (χ1v) is 8.76. The van der Waals surface area contributed by atoms with E-state index in [-0.39, 0.29) is 12.5 Å². The second-order valence-corrected chi connectivity index (χ2v) is 8.50. The van der Waals surface area contributed by atoms with E-state index in [1.807, 2.05) is 6.92 Å². The smallest absolute Gasteiger partial charge is 0.411 e. The molecule has 3 atom stereocenters. The van der Waals surface area contributed by atoms with Crippen LogP contribution < -0.4 is 0 Å². The molecule has 6 heteroatoms. The molecule has 1 amide bonds. The van der Waals surface area contributed by atoms with Crippen molar-refractivity contribution in [3.05, 3.63) is 0 Å². The van der Waals surface area contributed by atoms with E-state index in [0.717, 1.165) is 6.42 Å². The first-order chi connectivity index (χ1) is 10.8. The Balaban J connectivity index is 3.08. The number of hydrogen-bond donors (Lipinski definition) is 1. The van der Waals surface area contributed by atoms with E-state index in [4.69, 9.17) is 9.47 Å². The molecule has 1 fully saturated rings. The normalized spacial score (nSPS) is 25.3. The molecule has 0 aromatic rings. The van der Waals surface area contributed by atoms with Crippen LogP contribution in [0.5, 0.6) is 0 Å². The number of aliphatic hydroxyl groups is 1. The van der Waals surface area contributed by atoms with Crippen molar-refractivity contribution in [2.24, 2.45) is 0 Å². The Labute approximate surface area is 145 Å². The predicted octanol–water partition coefficient (Wildman–Crippen LogP) is 3.26. The molecule has 1 N–H and O–H groups in total. The lowest BCUT2D eigenvalue weighted by Gasteiger charge is -2.43. The van der Waals surface area contributed by atoms with Gasteiger partial charge in [0, 0.05) is 12.5 Å². The fraction of sp³-hybridized carbons (Fsp3) is 0.889. The van der Waals surface area contributed by atoms with Gasteiger partial charge in [-0.1, -0.05) is 13.3 Å². The van der Waals surface area contributed by atoms with Gasteiger partial charge < -0.3 is 14.6 Å². The second-order valence-electron chi connectivity index (χ2n) is 8.50. The summed E-state index contributed by atoms with van der Waals surface area (Å²) < 4.78 is 11.0. The fourth-order valence-corrected chi connectivity index (χ4v) is 2.91. The molecule has 6 nitrogen and oxygen atoms in total. The molecular formula is C18H33NO5. The third-order valence-corrected chi connectivity index (χ3v) is 3.67. The molecule has 1 heterocycles. The summed E-state index contributed by atoms with van der Waals surface area (Å²) >= 11 is 0. The van der Waals surface area contributed by atoms with Crippen LogP contribution in [0, 0.1) is 0 Å². The van der Waals surface area contributed by atoms with E-state index in [9.17, 15) is 14.7 Å². The molecule has 1 aliphatic rings. The number of esters is 1. The largest absolute Gasteiger partial charge is 0.458 e. The maximum atomic E-state index is 12.7. The highest BCUT2D eigenvalue weighted by Crippen LogP contribution is 2.30. The lowest BCUT2D eigenvalue weighted by molar-refractivity contribution is -0.166. The molecule has 0 aromatic heterocycles. The summed E-state index contributed by atoms with van der Waals surface area (Å²) in [5.74, 6) is -0.492. The highest BCUT2D eigenvalue weighted by Gasteiger charge is 2.44. The van der Waals surface area contributed by atoms with Crippen LogP contribution in [0.3, 0.4) is 0 Å². The summed E-state index contributed by atoms with van der Waals surface area (Å²) in [5.41, 5.74) is -1.30. The average molecular weight is 343 g/mol. The van der Waals surface area contributed by atoms with Crippen molar-refractivity contribution in [3.8, 4) is 0 Å². The Morgan fingerprint density at radius 1 is 1.04 bits per heavy atom.